The summed E-state index contributed by atoms with van der Waals surface area (Å²) in [5.41, 5.74) is 2.01. The molecule has 0 fully saturated rings. The minimum absolute atomic E-state index is 0.195. The molecule has 1 aliphatic rings. The van der Waals surface area contributed by atoms with E-state index in [0.29, 0.717) is 28.7 Å². The zero-order valence-electron chi connectivity index (χ0n) is 15.6. The zero-order chi connectivity index (χ0) is 18.7. The maximum absolute atomic E-state index is 6.30. The van der Waals surface area contributed by atoms with Gasteiger partial charge in [-0.1, -0.05) is 12.1 Å². The van der Waals surface area contributed by atoms with Crippen LogP contribution in [-0.2, 0) is 6.42 Å². The Morgan fingerprint density at radius 3 is 2.35 bits per heavy atom. The van der Waals surface area contributed by atoms with E-state index >= 15 is 0 Å². The molecule has 0 N–H and O–H groups in total. The molecule has 0 amide bonds. The van der Waals surface area contributed by atoms with Crippen molar-refractivity contribution in [1.82, 2.24) is 0 Å². The van der Waals surface area contributed by atoms with Gasteiger partial charge in [-0.3, -0.25) is 0 Å². The third-order valence-electron chi connectivity index (χ3n) is 4.40. The average molecular weight is 356 g/mol. The fourth-order valence-corrected chi connectivity index (χ4v) is 3.12. The van der Waals surface area contributed by atoms with Gasteiger partial charge in [0.25, 0.3) is 0 Å². The monoisotopic (exact) mass is 356 g/mol. The van der Waals surface area contributed by atoms with Gasteiger partial charge in [-0.2, -0.15) is 0 Å². The summed E-state index contributed by atoms with van der Waals surface area (Å²) in [6.45, 7) is 5.77. The third kappa shape index (κ3) is 3.29. The molecule has 0 saturated heterocycles. The van der Waals surface area contributed by atoms with Crippen molar-refractivity contribution in [3.63, 3.8) is 0 Å². The molecule has 0 radical (unpaired) electrons. The average Bonchev–Trinajstić information content (AvgIpc) is 2.66. The number of methoxy groups -OCH3 is 3. The summed E-state index contributed by atoms with van der Waals surface area (Å²) in [7, 11) is 4.86. The molecule has 5 heteroatoms. The SMILES string of the molecule is C=CCc1cc(OC)c2c(c1)O[C@H](c1ccc(OC)c(OC)c1)[C@@H](C)O2. The molecule has 2 aromatic carbocycles. The molecule has 0 saturated carbocycles. The van der Waals surface area contributed by atoms with E-state index in [0.717, 1.165) is 17.5 Å². The first-order chi connectivity index (χ1) is 12.6. The van der Waals surface area contributed by atoms with Gasteiger partial charge < -0.3 is 23.7 Å². The first-order valence-corrected chi connectivity index (χ1v) is 8.48. The number of hydrogen-bond acceptors (Lipinski definition) is 5. The van der Waals surface area contributed by atoms with Gasteiger partial charge in [0.1, 0.15) is 6.10 Å². The van der Waals surface area contributed by atoms with Crippen molar-refractivity contribution in [3.05, 3.63) is 54.1 Å². The van der Waals surface area contributed by atoms with E-state index in [-0.39, 0.29) is 12.2 Å². The second-order valence-corrected chi connectivity index (χ2v) is 6.09. The van der Waals surface area contributed by atoms with Gasteiger partial charge in [0.15, 0.2) is 29.1 Å². The van der Waals surface area contributed by atoms with E-state index in [9.17, 15) is 0 Å². The predicted octanol–water partition coefficient (Wildman–Crippen LogP) is 4.34. The number of ether oxygens (including phenoxy) is 5. The first kappa shape index (κ1) is 18.0. The highest BCUT2D eigenvalue weighted by atomic mass is 16.6. The van der Waals surface area contributed by atoms with Crippen molar-refractivity contribution < 1.29 is 23.7 Å². The van der Waals surface area contributed by atoms with E-state index in [1.165, 1.54) is 0 Å². The van der Waals surface area contributed by atoms with Crippen molar-refractivity contribution >= 4 is 0 Å². The van der Waals surface area contributed by atoms with Gasteiger partial charge in [-0.15, -0.1) is 6.58 Å². The Kier molecular flexibility index (Phi) is 5.26. The van der Waals surface area contributed by atoms with Crippen LogP contribution < -0.4 is 23.7 Å². The molecular weight excluding hydrogens is 332 g/mol. The molecule has 1 heterocycles. The van der Waals surface area contributed by atoms with E-state index in [4.69, 9.17) is 23.7 Å². The summed E-state index contributed by atoms with van der Waals surface area (Å²) < 4.78 is 28.6. The van der Waals surface area contributed by atoms with Gasteiger partial charge in [0.2, 0.25) is 5.75 Å². The lowest BCUT2D eigenvalue weighted by Gasteiger charge is -2.33. The molecule has 3 rings (SSSR count). The van der Waals surface area contributed by atoms with Crippen molar-refractivity contribution in [2.45, 2.75) is 25.6 Å². The van der Waals surface area contributed by atoms with Crippen LogP contribution in [0.1, 0.15) is 24.2 Å². The highest BCUT2D eigenvalue weighted by molar-refractivity contribution is 5.56. The van der Waals surface area contributed by atoms with Gasteiger partial charge in [-0.25, -0.2) is 0 Å². The number of fused-ring (bicyclic) bond motifs is 1. The molecule has 0 unspecified atom stereocenters. The second kappa shape index (κ2) is 7.60. The Morgan fingerprint density at radius 1 is 0.962 bits per heavy atom. The third-order valence-corrected chi connectivity index (χ3v) is 4.40. The molecule has 2 aromatic rings. The highest BCUT2D eigenvalue weighted by Crippen LogP contribution is 2.46. The number of benzene rings is 2. The standard InChI is InChI=1S/C21H24O5/c1-6-7-14-10-18(24-5)21-19(11-14)26-20(13(2)25-21)15-8-9-16(22-3)17(12-15)23-4/h6,8-13,20H,1,7H2,2-5H3/t13-,20+/m1/s1. The predicted molar refractivity (Wildman–Crippen MR) is 99.9 cm³/mol. The Morgan fingerprint density at radius 2 is 1.69 bits per heavy atom. The fraction of sp³-hybridized carbons (Fsp3) is 0.333. The lowest BCUT2D eigenvalue weighted by atomic mass is 10.0. The highest BCUT2D eigenvalue weighted by Gasteiger charge is 2.32. The molecule has 2 atom stereocenters. The topological polar surface area (TPSA) is 46.2 Å². The van der Waals surface area contributed by atoms with E-state index in [2.05, 4.69) is 6.58 Å². The molecular formula is C21H24O5. The first-order valence-electron chi connectivity index (χ1n) is 8.48. The molecule has 0 bridgehead atoms. The van der Waals surface area contributed by atoms with Crippen LogP contribution in [0.5, 0.6) is 28.7 Å². The molecule has 0 aliphatic carbocycles. The van der Waals surface area contributed by atoms with Crippen LogP contribution in [0, 0.1) is 0 Å². The van der Waals surface area contributed by atoms with Crippen LogP contribution in [0.25, 0.3) is 0 Å². The summed E-state index contributed by atoms with van der Waals surface area (Å²) >= 11 is 0. The van der Waals surface area contributed by atoms with Crippen molar-refractivity contribution in [2.24, 2.45) is 0 Å². The zero-order valence-corrected chi connectivity index (χ0v) is 15.6. The Bertz CT molecular complexity index is 799. The minimum atomic E-state index is -0.272. The number of allylic oxidation sites excluding steroid dienone is 1. The van der Waals surface area contributed by atoms with Crippen LogP contribution >= 0.6 is 0 Å². The summed E-state index contributed by atoms with van der Waals surface area (Å²) in [6, 6.07) is 9.67. The maximum Gasteiger partial charge on any atom is 0.204 e. The number of hydrogen-bond donors (Lipinski definition) is 0. The molecule has 138 valence electrons. The van der Waals surface area contributed by atoms with Gasteiger partial charge in [0.05, 0.1) is 21.3 Å². The van der Waals surface area contributed by atoms with Gasteiger partial charge in [0, 0.05) is 5.56 Å². The molecule has 0 aromatic heterocycles. The second-order valence-electron chi connectivity index (χ2n) is 6.09. The van der Waals surface area contributed by atoms with Crippen LogP contribution in [0.4, 0.5) is 0 Å². The van der Waals surface area contributed by atoms with Gasteiger partial charge >= 0.3 is 0 Å². The summed E-state index contributed by atoms with van der Waals surface area (Å²) in [5, 5.41) is 0. The van der Waals surface area contributed by atoms with Gasteiger partial charge in [-0.05, 0) is 43.2 Å². The normalized spacial score (nSPS) is 18.2. The van der Waals surface area contributed by atoms with E-state index in [1.54, 1.807) is 21.3 Å². The molecule has 1 aliphatic heterocycles. The Balaban J connectivity index is 1.98. The van der Waals surface area contributed by atoms with Crippen LogP contribution in [0.2, 0.25) is 0 Å². The van der Waals surface area contributed by atoms with Crippen LogP contribution in [0.15, 0.2) is 43.0 Å². The summed E-state index contributed by atoms with van der Waals surface area (Å²) in [4.78, 5) is 0. The minimum Gasteiger partial charge on any atom is -0.493 e. The summed E-state index contributed by atoms with van der Waals surface area (Å²) in [5.74, 6) is 3.29. The number of rotatable bonds is 6. The smallest absolute Gasteiger partial charge is 0.204 e. The lowest BCUT2D eigenvalue weighted by molar-refractivity contribution is 0.0279. The molecule has 5 nitrogen and oxygen atoms in total. The Hall–Kier alpha value is -2.82. The quantitative estimate of drug-likeness (QED) is 0.721. The molecule has 0 spiro atoms. The van der Waals surface area contributed by atoms with E-state index in [1.807, 2.05) is 43.3 Å². The van der Waals surface area contributed by atoms with Crippen LogP contribution in [0.3, 0.4) is 0 Å². The largest absolute Gasteiger partial charge is 0.493 e. The fourth-order valence-electron chi connectivity index (χ4n) is 3.12. The lowest BCUT2D eigenvalue weighted by Crippen LogP contribution is -2.31. The van der Waals surface area contributed by atoms with E-state index < -0.39 is 0 Å². The van der Waals surface area contributed by atoms with Crippen molar-refractivity contribution in [2.75, 3.05) is 21.3 Å². The molecule has 26 heavy (non-hydrogen) atoms. The van der Waals surface area contributed by atoms with Crippen molar-refractivity contribution in [3.8, 4) is 28.7 Å². The maximum atomic E-state index is 6.30. The summed E-state index contributed by atoms with van der Waals surface area (Å²) in [6.07, 6.45) is 2.11. The van der Waals surface area contributed by atoms with Crippen molar-refractivity contribution in [1.29, 1.82) is 0 Å². The van der Waals surface area contributed by atoms with Crippen LogP contribution in [-0.4, -0.2) is 27.4 Å². The Labute approximate surface area is 154 Å².